The molecule has 1 unspecified atom stereocenters. The van der Waals surface area contributed by atoms with Gasteiger partial charge < -0.3 is 14.5 Å². The predicted molar refractivity (Wildman–Crippen MR) is 84.0 cm³/mol. The molecule has 0 aliphatic rings. The van der Waals surface area contributed by atoms with Crippen molar-refractivity contribution in [1.29, 1.82) is 0 Å². The third-order valence-electron chi connectivity index (χ3n) is 3.27. The molecular formula is C17H14N2O4. The summed E-state index contributed by atoms with van der Waals surface area (Å²) in [7, 11) is 0. The Morgan fingerprint density at radius 3 is 2.70 bits per heavy atom. The minimum atomic E-state index is -0.940. The number of benzene rings is 2. The Morgan fingerprint density at radius 1 is 1.13 bits per heavy atom. The van der Waals surface area contributed by atoms with Gasteiger partial charge in [-0.05, 0) is 31.2 Å². The molecule has 0 fully saturated rings. The Kier molecular flexibility index (Phi) is 4.05. The summed E-state index contributed by atoms with van der Waals surface area (Å²) >= 11 is 0. The first kappa shape index (κ1) is 14.8. The van der Waals surface area contributed by atoms with Crippen molar-refractivity contribution >= 4 is 28.7 Å². The molecule has 23 heavy (non-hydrogen) atoms. The smallest absolute Gasteiger partial charge is 0.341 e. The number of fused-ring (bicyclic) bond motifs is 1. The number of carbonyl (C=O) groups is 2. The first-order valence-corrected chi connectivity index (χ1v) is 7.04. The summed E-state index contributed by atoms with van der Waals surface area (Å²) in [4.78, 5) is 28.3. The number of anilines is 1. The Hall–Kier alpha value is -3.15. The highest BCUT2D eigenvalue weighted by Crippen LogP contribution is 2.18. The van der Waals surface area contributed by atoms with Crippen LogP contribution in [0.4, 0.5) is 5.69 Å². The summed E-state index contributed by atoms with van der Waals surface area (Å²) in [6.45, 7) is 1.51. The lowest BCUT2D eigenvalue weighted by Crippen LogP contribution is -2.30. The molecule has 1 aromatic heterocycles. The first-order chi connectivity index (χ1) is 11.1. The van der Waals surface area contributed by atoms with E-state index in [1.807, 2.05) is 6.07 Å². The normalized spacial score (nSPS) is 11.9. The Labute approximate surface area is 132 Å². The van der Waals surface area contributed by atoms with Gasteiger partial charge in [0.05, 0.1) is 5.56 Å². The van der Waals surface area contributed by atoms with Crippen LogP contribution in [0.25, 0.3) is 11.1 Å². The zero-order valence-corrected chi connectivity index (χ0v) is 12.4. The molecule has 116 valence electrons. The molecule has 0 saturated carbocycles. The number of para-hydroxylation sites is 2. The Balaban J connectivity index is 1.70. The van der Waals surface area contributed by atoms with Gasteiger partial charge in [-0.1, -0.05) is 24.3 Å². The molecule has 0 spiro atoms. The van der Waals surface area contributed by atoms with Crippen molar-refractivity contribution in [2.45, 2.75) is 13.0 Å². The zero-order valence-electron chi connectivity index (χ0n) is 12.4. The van der Waals surface area contributed by atoms with E-state index in [1.54, 1.807) is 42.5 Å². The molecule has 6 nitrogen and oxygen atoms in total. The highest BCUT2D eigenvalue weighted by atomic mass is 16.5. The van der Waals surface area contributed by atoms with E-state index in [0.29, 0.717) is 16.8 Å². The third-order valence-corrected chi connectivity index (χ3v) is 3.27. The summed E-state index contributed by atoms with van der Waals surface area (Å²) in [5.41, 5.74) is 1.80. The monoisotopic (exact) mass is 310 g/mol. The molecule has 0 saturated heterocycles. The largest absolute Gasteiger partial charge is 0.449 e. The minimum Gasteiger partial charge on any atom is -0.449 e. The van der Waals surface area contributed by atoms with Crippen LogP contribution in [0.3, 0.4) is 0 Å². The number of hydrogen-bond donors (Lipinski definition) is 1. The second-order valence-corrected chi connectivity index (χ2v) is 4.91. The van der Waals surface area contributed by atoms with Gasteiger partial charge in [0.25, 0.3) is 5.91 Å². The number of nitrogens with zero attached hydrogens (tertiary/aromatic N) is 1. The van der Waals surface area contributed by atoms with Crippen LogP contribution in [0, 0.1) is 0 Å². The molecule has 1 amide bonds. The fourth-order valence-electron chi connectivity index (χ4n) is 2.09. The standard InChI is InChI=1S/C17H14N2O4/c1-11(16(20)19-12-6-3-2-4-7-12)23-17(21)13-8-5-9-14-15(13)18-10-22-14/h2-11H,1H3,(H,19,20). The van der Waals surface area contributed by atoms with E-state index in [1.165, 1.54) is 13.3 Å². The van der Waals surface area contributed by atoms with Gasteiger partial charge in [0.2, 0.25) is 0 Å². The van der Waals surface area contributed by atoms with Crippen molar-refractivity contribution in [1.82, 2.24) is 4.98 Å². The van der Waals surface area contributed by atoms with E-state index in [0.717, 1.165) is 0 Å². The average molecular weight is 310 g/mol. The lowest BCUT2D eigenvalue weighted by Gasteiger charge is -2.13. The van der Waals surface area contributed by atoms with Crippen LogP contribution in [0.1, 0.15) is 17.3 Å². The van der Waals surface area contributed by atoms with Gasteiger partial charge in [-0.2, -0.15) is 0 Å². The van der Waals surface area contributed by atoms with Crippen molar-refractivity contribution in [3.63, 3.8) is 0 Å². The first-order valence-electron chi connectivity index (χ1n) is 7.04. The van der Waals surface area contributed by atoms with Crippen LogP contribution in [0.15, 0.2) is 59.3 Å². The molecule has 1 atom stereocenters. The maximum Gasteiger partial charge on any atom is 0.341 e. The van der Waals surface area contributed by atoms with Crippen molar-refractivity contribution in [2.24, 2.45) is 0 Å². The maximum absolute atomic E-state index is 12.2. The molecule has 0 bridgehead atoms. The molecule has 0 aliphatic heterocycles. The van der Waals surface area contributed by atoms with Crippen LogP contribution < -0.4 is 5.32 Å². The molecule has 1 N–H and O–H groups in total. The molecule has 3 rings (SSSR count). The van der Waals surface area contributed by atoms with E-state index in [4.69, 9.17) is 9.15 Å². The summed E-state index contributed by atoms with van der Waals surface area (Å²) in [5.74, 6) is -1.03. The van der Waals surface area contributed by atoms with Gasteiger partial charge in [0.15, 0.2) is 18.1 Å². The van der Waals surface area contributed by atoms with Crippen molar-refractivity contribution < 1.29 is 18.7 Å². The fraction of sp³-hybridized carbons (Fsp3) is 0.118. The van der Waals surface area contributed by atoms with Gasteiger partial charge in [-0.3, -0.25) is 4.79 Å². The third kappa shape index (κ3) is 3.21. The van der Waals surface area contributed by atoms with Gasteiger partial charge in [-0.25, -0.2) is 9.78 Å². The second-order valence-electron chi connectivity index (χ2n) is 4.91. The van der Waals surface area contributed by atoms with Crippen LogP contribution in [-0.4, -0.2) is 23.0 Å². The highest BCUT2D eigenvalue weighted by Gasteiger charge is 2.21. The number of hydrogen-bond acceptors (Lipinski definition) is 5. The van der Waals surface area contributed by atoms with Gasteiger partial charge in [0, 0.05) is 5.69 Å². The summed E-state index contributed by atoms with van der Waals surface area (Å²) in [5, 5.41) is 2.68. The van der Waals surface area contributed by atoms with Crippen LogP contribution >= 0.6 is 0 Å². The zero-order chi connectivity index (χ0) is 16.2. The van der Waals surface area contributed by atoms with Gasteiger partial charge in [-0.15, -0.1) is 0 Å². The number of rotatable bonds is 4. The van der Waals surface area contributed by atoms with Crippen LogP contribution in [0.2, 0.25) is 0 Å². The number of amides is 1. The lowest BCUT2D eigenvalue weighted by atomic mass is 10.2. The maximum atomic E-state index is 12.2. The quantitative estimate of drug-likeness (QED) is 0.749. The Morgan fingerprint density at radius 2 is 1.91 bits per heavy atom. The number of nitrogens with one attached hydrogen (secondary N) is 1. The summed E-state index contributed by atoms with van der Waals surface area (Å²) in [6.07, 6.45) is 0.317. The van der Waals surface area contributed by atoms with E-state index in [9.17, 15) is 9.59 Å². The lowest BCUT2D eigenvalue weighted by molar-refractivity contribution is -0.123. The number of oxazole rings is 1. The molecule has 3 aromatic rings. The molecule has 1 heterocycles. The van der Waals surface area contributed by atoms with Crippen molar-refractivity contribution in [3.8, 4) is 0 Å². The Bertz CT molecular complexity index is 842. The van der Waals surface area contributed by atoms with E-state index < -0.39 is 18.0 Å². The summed E-state index contributed by atoms with van der Waals surface area (Å²) < 4.78 is 10.4. The van der Waals surface area contributed by atoms with Crippen molar-refractivity contribution in [2.75, 3.05) is 5.32 Å². The van der Waals surface area contributed by atoms with Crippen LogP contribution in [0.5, 0.6) is 0 Å². The molecule has 2 aromatic carbocycles. The topological polar surface area (TPSA) is 81.4 Å². The van der Waals surface area contributed by atoms with Gasteiger partial charge in [0.1, 0.15) is 5.52 Å². The van der Waals surface area contributed by atoms with Crippen LogP contribution in [-0.2, 0) is 9.53 Å². The number of ether oxygens (including phenoxy) is 1. The number of esters is 1. The molecular weight excluding hydrogens is 296 g/mol. The molecule has 6 heteroatoms. The van der Waals surface area contributed by atoms with E-state index >= 15 is 0 Å². The minimum absolute atomic E-state index is 0.260. The highest BCUT2D eigenvalue weighted by molar-refractivity contribution is 6.03. The summed E-state index contributed by atoms with van der Waals surface area (Å²) in [6, 6.07) is 13.9. The number of carbonyl (C=O) groups excluding carboxylic acids is 2. The van der Waals surface area contributed by atoms with E-state index in [-0.39, 0.29) is 5.56 Å². The van der Waals surface area contributed by atoms with Crippen molar-refractivity contribution in [3.05, 3.63) is 60.5 Å². The molecule has 0 radical (unpaired) electrons. The SMILES string of the molecule is CC(OC(=O)c1cccc2ocnc12)C(=O)Nc1ccccc1. The van der Waals surface area contributed by atoms with Gasteiger partial charge >= 0.3 is 5.97 Å². The fourth-order valence-corrected chi connectivity index (χ4v) is 2.09. The average Bonchev–Trinajstić information content (AvgIpc) is 3.04. The molecule has 0 aliphatic carbocycles. The van der Waals surface area contributed by atoms with E-state index in [2.05, 4.69) is 10.3 Å². The number of aromatic nitrogens is 1. The second kappa shape index (κ2) is 6.31. The predicted octanol–water partition coefficient (Wildman–Crippen LogP) is 3.01.